The summed E-state index contributed by atoms with van der Waals surface area (Å²) in [5, 5.41) is 2.69. The molecule has 0 heterocycles. The second-order valence-corrected chi connectivity index (χ2v) is 4.77. The van der Waals surface area contributed by atoms with E-state index >= 15 is 0 Å². The highest BCUT2D eigenvalue weighted by molar-refractivity contribution is 6.04. The number of aryl methyl sites for hydroxylation is 1. The van der Waals surface area contributed by atoms with Crippen molar-refractivity contribution in [1.29, 1.82) is 0 Å². The molecular weight excluding hydrogens is 304 g/mol. The molecule has 4 nitrogen and oxygen atoms in total. The molecule has 0 aromatic heterocycles. The molecule has 0 bridgehead atoms. The van der Waals surface area contributed by atoms with Crippen LogP contribution in [0.2, 0.25) is 0 Å². The fourth-order valence-electron chi connectivity index (χ4n) is 2.03. The van der Waals surface area contributed by atoms with E-state index in [1.165, 1.54) is 24.3 Å². The van der Waals surface area contributed by atoms with Gasteiger partial charge in [-0.05, 0) is 61.9 Å². The van der Waals surface area contributed by atoms with Crippen LogP contribution < -0.4 is 14.8 Å². The number of nitrogens with one attached hydrogen (secondary N) is 1. The number of anilines is 1. The molecule has 0 fully saturated rings. The molecule has 2 aromatic carbocycles. The van der Waals surface area contributed by atoms with Crippen LogP contribution in [0.4, 0.5) is 14.5 Å². The maximum Gasteiger partial charge on any atom is 0.387 e. The number of amides is 1. The first kappa shape index (κ1) is 16.7. The van der Waals surface area contributed by atoms with Gasteiger partial charge in [-0.15, -0.1) is 0 Å². The predicted molar refractivity (Wildman–Crippen MR) is 83.4 cm³/mol. The molecule has 0 aliphatic heterocycles. The van der Waals surface area contributed by atoms with Crippen molar-refractivity contribution in [3.05, 3.63) is 53.6 Å². The molecule has 2 aromatic rings. The van der Waals surface area contributed by atoms with Gasteiger partial charge in [0.05, 0.1) is 6.61 Å². The van der Waals surface area contributed by atoms with E-state index in [0.717, 1.165) is 11.3 Å². The first-order chi connectivity index (χ1) is 11.0. The highest BCUT2D eigenvalue weighted by Crippen LogP contribution is 2.21. The van der Waals surface area contributed by atoms with Crippen molar-refractivity contribution in [2.45, 2.75) is 20.5 Å². The Hall–Kier alpha value is -2.63. The van der Waals surface area contributed by atoms with Gasteiger partial charge in [-0.2, -0.15) is 8.78 Å². The van der Waals surface area contributed by atoms with Gasteiger partial charge in [-0.25, -0.2) is 0 Å². The summed E-state index contributed by atoms with van der Waals surface area (Å²) in [6, 6.07) is 10.9. The second-order valence-electron chi connectivity index (χ2n) is 4.77. The number of benzene rings is 2. The number of rotatable bonds is 6. The summed E-state index contributed by atoms with van der Waals surface area (Å²) in [5.74, 6) is 0.478. The van der Waals surface area contributed by atoms with Gasteiger partial charge >= 0.3 is 6.61 Å². The minimum atomic E-state index is -2.87. The van der Waals surface area contributed by atoms with Crippen molar-refractivity contribution in [2.75, 3.05) is 11.9 Å². The zero-order valence-corrected chi connectivity index (χ0v) is 12.8. The normalized spacial score (nSPS) is 10.5. The Morgan fingerprint density at radius 3 is 2.43 bits per heavy atom. The van der Waals surface area contributed by atoms with Crippen molar-refractivity contribution in [1.82, 2.24) is 0 Å². The summed E-state index contributed by atoms with van der Waals surface area (Å²) >= 11 is 0. The van der Waals surface area contributed by atoms with Crippen LogP contribution in [0.15, 0.2) is 42.5 Å². The molecule has 0 radical (unpaired) electrons. The third-order valence-electron chi connectivity index (χ3n) is 3.07. The highest BCUT2D eigenvalue weighted by Gasteiger charge is 2.09. The van der Waals surface area contributed by atoms with Gasteiger partial charge in [0.1, 0.15) is 11.5 Å². The van der Waals surface area contributed by atoms with Crippen molar-refractivity contribution in [3.63, 3.8) is 0 Å². The number of alkyl halides is 2. The average molecular weight is 321 g/mol. The molecular formula is C17H17F2NO3. The van der Waals surface area contributed by atoms with Crippen LogP contribution in [-0.2, 0) is 0 Å². The number of carbonyl (C=O) groups excluding carboxylic acids is 1. The topological polar surface area (TPSA) is 47.6 Å². The molecule has 1 N–H and O–H groups in total. The van der Waals surface area contributed by atoms with Crippen LogP contribution >= 0.6 is 0 Å². The summed E-state index contributed by atoms with van der Waals surface area (Å²) in [4.78, 5) is 12.2. The third-order valence-corrected chi connectivity index (χ3v) is 3.07. The summed E-state index contributed by atoms with van der Waals surface area (Å²) in [6.07, 6.45) is 0. The van der Waals surface area contributed by atoms with Gasteiger partial charge in [0, 0.05) is 11.3 Å². The van der Waals surface area contributed by atoms with Crippen molar-refractivity contribution >= 4 is 11.6 Å². The molecule has 6 heteroatoms. The maximum atomic E-state index is 12.2. The second kappa shape index (κ2) is 7.58. The molecule has 0 aliphatic rings. The summed E-state index contributed by atoms with van der Waals surface area (Å²) in [7, 11) is 0. The Morgan fingerprint density at radius 1 is 1.17 bits per heavy atom. The van der Waals surface area contributed by atoms with Crippen molar-refractivity contribution < 1.29 is 23.0 Å². The van der Waals surface area contributed by atoms with Crippen LogP contribution in [0.3, 0.4) is 0 Å². The molecule has 0 saturated carbocycles. The Kier molecular flexibility index (Phi) is 5.51. The Balaban J connectivity index is 2.05. The SMILES string of the molecule is CCOc1ccc(C(=O)Nc2ccc(OC(F)F)cc2)cc1C. The molecule has 122 valence electrons. The largest absolute Gasteiger partial charge is 0.494 e. The van der Waals surface area contributed by atoms with E-state index in [2.05, 4.69) is 10.1 Å². The fourth-order valence-corrected chi connectivity index (χ4v) is 2.03. The van der Waals surface area contributed by atoms with E-state index in [-0.39, 0.29) is 11.7 Å². The monoisotopic (exact) mass is 321 g/mol. The van der Waals surface area contributed by atoms with Gasteiger partial charge in [-0.3, -0.25) is 4.79 Å². The lowest BCUT2D eigenvalue weighted by molar-refractivity contribution is -0.0498. The van der Waals surface area contributed by atoms with Crippen LogP contribution in [0.5, 0.6) is 11.5 Å². The van der Waals surface area contributed by atoms with Crippen LogP contribution in [-0.4, -0.2) is 19.1 Å². The van der Waals surface area contributed by atoms with Gasteiger partial charge in [-0.1, -0.05) is 0 Å². The molecule has 23 heavy (non-hydrogen) atoms. The van der Waals surface area contributed by atoms with E-state index in [0.29, 0.717) is 17.9 Å². The minimum Gasteiger partial charge on any atom is -0.494 e. The lowest BCUT2D eigenvalue weighted by atomic mass is 10.1. The minimum absolute atomic E-state index is 0.0370. The van der Waals surface area contributed by atoms with E-state index in [9.17, 15) is 13.6 Å². The summed E-state index contributed by atoms with van der Waals surface area (Å²) in [5.41, 5.74) is 1.84. The zero-order valence-electron chi connectivity index (χ0n) is 12.8. The zero-order chi connectivity index (χ0) is 16.8. The quantitative estimate of drug-likeness (QED) is 0.865. The maximum absolute atomic E-state index is 12.2. The molecule has 0 unspecified atom stereocenters. The standard InChI is InChI=1S/C17H17F2NO3/c1-3-22-15-9-4-12(10-11(15)2)16(21)20-13-5-7-14(8-6-13)23-17(18)19/h4-10,17H,3H2,1-2H3,(H,20,21). The Labute approximate surface area is 133 Å². The number of hydrogen-bond acceptors (Lipinski definition) is 3. The number of hydrogen-bond donors (Lipinski definition) is 1. The molecule has 1 amide bonds. The molecule has 0 aliphatic carbocycles. The summed E-state index contributed by atoms with van der Waals surface area (Å²) < 4.78 is 33.8. The van der Waals surface area contributed by atoms with E-state index in [1.807, 2.05) is 13.8 Å². The van der Waals surface area contributed by atoms with Gasteiger partial charge in [0.25, 0.3) is 5.91 Å². The first-order valence-electron chi connectivity index (χ1n) is 7.09. The van der Waals surface area contributed by atoms with E-state index in [4.69, 9.17) is 4.74 Å². The third kappa shape index (κ3) is 4.67. The lowest BCUT2D eigenvalue weighted by Crippen LogP contribution is -2.12. The van der Waals surface area contributed by atoms with Gasteiger partial charge in [0.15, 0.2) is 0 Å². The van der Waals surface area contributed by atoms with Gasteiger partial charge in [0.2, 0.25) is 0 Å². The number of halogens is 2. The number of carbonyl (C=O) groups is 1. The fraction of sp³-hybridized carbons (Fsp3) is 0.235. The van der Waals surface area contributed by atoms with Gasteiger partial charge < -0.3 is 14.8 Å². The van der Waals surface area contributed by atoms with E-state index < -0.39 is 6.61 Å². The Morgan fingerprint density at radius 2 is 1.87 bits per heavy atom. The van der Waals surface area contributed by atoms with Crippen molar-refractivity contribution in [3.8, 4) is 11.5 Å². The average Bonchev–Trinajstić information content (AvgIpc) is 2.51. The predicted octanol–water partition coefficient (Wildman–Crippen LogP) is 4.25. The van der Waals surface area contributed by atoms with Crippen LogP contribution in [0.25, 0.3) is 0 Å². The number of ether oxygens (including phenoxy) is 2. The van der Waals surface area contributed by atoms with Crippen molar-refractivity contribution in [2.24, 2.45) is 0 Å². The highest BCUT2D eigenvalue weighted by atomic mass is 19.3. The van der Waals surface area contributed by atoms with E-state index in [1.54, 1.807) is 18.2 Å². The smallest absolute Gasteiger partial charge is 0.387 e. The molecule has 0 spiro atoms. The molecule has 0 atom stereocenters. The molecule has 0 saturated heterocycles. The summed E-state index contributed by atoms with van der Waals surface area (Å²) in [6.45, 7) is 1.43. The van der Waals surface area contributed by atoms with Crippen LogP contribution in [0, 0.1) is 6.92 Å². The first-order valence-corrected chi connectivity index (χ1v) is 7.09. The lowest BCUT2D eigenvalue weighted by Gasteiger charge is -2.10. The Bertz CT molecular complexity index is 672. The molecule has 2 rings (SSSR count). The van der Waals surface area contributed by atoms with Crippen LogP contribution in [0.1, 0.15) is 22.8 Å².